The van der Waals surface area contributed by atoms with E-state index in [0.29, 0.717) is 18.7 Å². The lowest BCUT2D eigenvalue weighted by molar-refractivity contribution is 0.0774. The number of para-hydroxylation sites is 1. The Hall–Kier alpha value is -2.95. The van der Waals surface area contributed by atoms with Gasteiger partial charge in [0.15, 0.2) is 0 Å². The quantitative estimate of drug-likeness (QED) is 0.705. The van der Waals surface area contributed by atoms with E-state index in [2.05, 4.69) is 9.97 Å². The molecule has 5 nitrogen and oxygen atoms in total. The second kappa shape index (κ2) is 7.52. The van der Waals surface area contributed by atoms with Gasteiger partial charge in [-0.05, 0) is 50.6 Å². The lowest BCUT2D eigenvalue weighted by Crippen LogP contribution is -2.30. The van der Waals surface area contributed by atoms with E-state index >= 15 is 0 Å². The van der Waals surface area contributed by atoms with Gasteiger partial charge < -0.3 is 9.64 Å². The molecule has 0 fully saturated rings. The molecule has 0 atom stereocenters. The number of hydrogen-bond acceptors (Lipinski definition) is 4. The van der Waals surface area contributed by atoms with Crippen LogP contribution in [0.3, 0.4) is 0 Å². The summed E-state index contributed by atoms with van der Waals surface area (Å²) < 4.78 is 5.78. The number of rotatable bonds is 5. The normalized spacial score (nSPS) is 10.8. The van der Waals surface area contributed by atoms with Crippen LogP contribution in [0.2, 0.25) is 0 Å². The molecule has 0 N–H and O–H groups in total. The van der Waals surface area contributed by atoms with Gasteiger partial charge in [0.2, 0.25) is 0 Å². The van der Waals surface area contributed by atoms with Crippen molar-refractivity contribution in [2.45, 2.75) is 20.8 Å². The molecule has 26 heavy (non-hydrogen) atoms. The molecule has 0 spiro atoms. The molecule has 0 aliphatic carbocycles. The molecule has 0 saturated heterocycles. The second-order valence-corrected chi connectivity index (χ2v) is 6.44. The molecule has 0 saturated carbocycles. The number of benzene rings is 2. The van der Waals surface area contributed by atoms with E-state index in [1.807, 2.05) is 51.1 Å². The highest BCUT2D eigenvalue weighted by Gasteiger charge is 2.13. The average Bonchev–Trinajstić information content (AvgIpc) is 2.63. The molecule has 0 aliphatic heterocycles. The summed E-state index contributed by atoms with van der Waals surface area (Å²) in [5.41, 5.74) is 5.01. The van der Waals surface area contributed by atoms with Crippen LogP contribution in [0, 0.1) is 20.8 Å². The van der Waals surface area contributed by atoms with E-state index in [9.17, 15) is 4.79 Å². The largest absolute Gasteiger partial charge is 0.491 e. The third-order valence-corrected chi connectivity index (χ3v) is 4.45. The van der Waals surface area contributed by atoms with Gasteiger partial charge in [-0.15, -0.1) is 0 Å². The van der Waals surface area contributed by atoms with E-state index < -0.39 is 0 Å². The Morgan fingerprint density at radius 3 is 2.42 bits per heavy atom. The van der Waals surface area contributed by atoms with Crippen LogP contribution in [0.1, 0.15) is 27.3 Å². The lowest BCUT2D eigenvalue weighted by atomic mass is 10.1. The molecule has 1 aromatic heterocycles. The van der Waals surface area contributed by atoms with Gasteiger partial charge in [-0.3, -0.25) is 4.79 Å². The first kappa shape index (κ1) is 17.9. The van der Waals surface area contributed by atoms with Crippen molar-refractivity contribution in [3.63, 3.8) is 0 Å². The van der Waals surface area contributed by atoms with Gasteiger partial charge in [-0.2, -0.15) is 0 Å². The number of ether oxygens (including phenoxy) is 1. The van der Waals surface area contributed by atoms with Crippen molar-refractivity contribution in [1.29, 1.82) is 0 Å². The zero-order valence-electron chi connectivity index (χ0n) is 15.6. The van der Waals surface area contributed by atoms with Crippen LogP contribution in [0.4, 0.5) is 0 Å². The predicted molar refractivity (Wildman–Crippen MR) is 103 cm³/mol. The molecule has 3 aromatic rings. The standard InChI is InChI=1S/C21H23N3O2/c1-14-7-5-6-8-20(14)26-12-11-24(4)21(25)17-9-10-18-19(13-17)23-16(3)15(2)22-18/h5-10,13H,11-12H2,1-4H3. The van der Waals surface area contributed by atoms with Gasteiger partial charge in [0.05, 0.1) is 29.0 Å². The van der Waals surface area contributed by atoms with Crippen molar-refractivity contribution >= 4 is 16.9 Å². The van der Waals surface area contributed by atoms with E-state index in [4.69, 9.17) is 4.74 Å². The molecule has 0 bridgehead atoms. The number of fused-ring (bicyclic) bond motifs is 1. The predicted octanol–water partition coefficient (Wildman–Crippen LogP) is 3.71. The molecule has 0 radical (unpaired) electrons. The number of carbonyl (C=O) groups excluding carboxylic acids is 1. The summed E-state index contributed by atoms with van der Waals surface area (Å²) in [7, 11) is 1.78. The Kier molecular flexibility index (Phi) is 5.16. The van der Waals surface area contributed by atoms with Crippen LogP contribution >= 0.6 is 0 Å². The highest BCUT2D eigenvalue weighted by Crippen LogP contribution is 2.17. The first-order chi connectivity index (χ1) is 12.5. The Bertz CT molecular complexity index is 953. The first-order valence-corrected chi connectivity index (χ1v) is 8.64. The SMILES string of the molecule is Cc1ccccc1OCCN(C)C(=O)c1ccc2nc(C)c(C)nc2c1. The monoisotopic (exact) mass is 349 g/mol. The number of likely N-dealkylation sites (N-methyl/N-ethyl adjacent to an activating group) is 1. The maximum Gasteiger partial charge on any atom is 0.253 e. The van der Waals surface area contributed by atoms with Crippen LogP contribution in [-0.2, 0) is 0 Å². The maximum absolute atomic E-state index is 12.7. The third-order valence-electron chi connectivity index (χ3n) is 4.45. The molecule has 0 unspecified atom stereocenters. The fourth-order valence-corrected chi connectivity index (χ4v) is 2.70. The Labute approximate surface area is 153 Å². The summed E-state index contributed by atoms with van der Waals surface area (Å²) in [6.07, 6.45) is 0. The highest BCUT2D eigenvalue weighted by molar-refractivity contribution is 5.97. The van der Waals surface area contributed by atoms with Gasteiger partial charge in [-0.1, -0.05) is 18.2 Å². The number of carbonyl (C=O) groups is 1. The van der Waals surface area contributed by atoms with Crippen molar-refractivity contribution in [2.75, 3.05) is 20.2 Å². The topological polar surface area (TPSA) is 55.3 Å². The lowest BCUT2D eigenvalue weighted by Gasteiger charge is -2.18. The minimum atomic E-state index is -0.0553. The zero-order valence-corrected chi connectivity index (χ0v) is 15.6. The molecular formula is C21H23N3O2. The number of nitrogens with zero attached hydrogens (tertiary/aromatic N) is 3. The summed E-state index contributed by atoms with van der Waals surface area (Å²) in [6, 6.07) is 13.3. The first-order valence-electron chi connectivity index (χ1n) is 8.64. The van der Waals surface area contributed by atoms with Crippen LogP contribution in [-0.4, -0.2) is 41.0 Å². The molecule has 3 rings (SSSR count). The van der Waals surface area contributed by atoms with Gasteiger partial charge in [-0.25, -0.2) is 9.97 Å². The Morgan fingerprint density at radius 1 is 1.00 bits per heavy atom. The molecule has 2 aromatic carbocycles. The summed E-state index contributed by atoms with van der Waals surface area (Å²) in [5.74, 6) is 0.792. The van der Waals surface area contributed by atoms with Crippen molar-refractivity contribution < 1.29 is 9.53 Å². The third kappa shape index (κ3) is 3.82. The Balaban J connectivity index is 1.67. The van der Waals surface area contributed by atoms with E-state index in [-0.39, 0.29) is 5.91 Å². The number of aryl methyl sites for hydroxylation is 3. The smallest absolute Gasteiger partial charge is 0.253 e. The van der Waals surface area contributed by atoms with Gasteiger partial charge in [0.25, 0.3) is 5.91 Å². The fraction of sp³-hybridized carbons (Fsp3) is 0.286. The van der Waals surface area contributed by atoms with Crippen molar-refractivity contribution in [1.82, 2.24) is 14.9 Å². The minimum Gasteiger partial charge on any atom is -0.491 e. The van der Waals surface area contributed by atoms with Gasteiger partial charge in [0, 0.05) is 12.6 Å². The molecule has 1 amide bonds. The van der Waals surface area contributed by atoms with Gasteiger partial charge in [0.1, 0.15) is 12.4 Å². The molecule has 0 aliphatic rings. The summed E-state index contributed by atoms with van der Waals surface area (Å²) in [6.45, 7) is 6.81. The van der Waals surface area contributed by atoms with Crippen molar-refractivity contribution in [3.05, 3.63) is 65.0 Å². The summed E-state index contributed by atoms with van der Waals surface area (Å²) in [4.78, 5) is 23.4. The van der Waals surface area contributed by atoms with E-state index in [1.165, 1.54) is 0 Å². The van der Waals surface area contributed by atoms with Crippen LogP contribution in [0.5, 0.6) is 5.75 Å². The van der Waals surface area contributed by atoms with E-state index in [1.54, 1.807) is 24.1 Å². The summed E-state index contributed by atoms with van der Waals surface area (Å²) >= 11 is 0. The van der Waals surface area contributed by atoms with E-state index in [0.717, 1.165) is 33.7 Å². The zero-order chi connectivity index (χ0) is 18.7. The van der Waals surface area contributed by atoms with Crippen LogP contribution in [0.25, 0.3) is 11.0 Å². The van der Waals surface area contributed by atoms with Crippen molar-refractivity contribution in [2.24, 2.45) is 0 Å². The fourth-order valence-electron chi connectivity index (χ4n) is 2.70. The van der Waals surface area contributed by atoms with Crippen LogP contribution in [0.15, 0.2) is 42.5 Å². The highest BCUT2D eigenvalue weighted by atomic mass is 16.5. The average molecular weight is 349 g/mol. The number of amides is 1. The molecule has 1 heterocycles. The summed E-state index contributed by atoms with van der Waals surface area (Å²) in [5, 5.41) is 0. The van der Waals surface area contributed by atoms with Crippen molar-refractivity contribution in [3.8, 4) is 5.75 Å². The molecule has 134 valence electrons. The maximum atomic E-state index is 12.7. The minimum absolute atomic E-state index is 0.0553. The number of aromatic nitrogens is 2. The molecular weight excluding hydrogens is 326 g/mol. The van der Waals surface area contributed by atoms with Crippen LogP contribution < -0.4 is 4.74 Å². The second-order valence-electron chi connectivity index (χ2n) is 6.44. The Morgan fingerprint density at radius 2 is 1.69 bits per heavy atom. The molecule has 5 heteroatoms. The van der Waals surface area contributed by atoms with Gasteiger partial charge >= 0.3 is 0 Å². The number of hydrogen-bond donors (Lipinski definition) is 0.